The zero-order valence-electron chi connectivity index (χ0n) is 19.6. The zero-order chi connectivity index (χ0) is 23.6. The van der Waals surface area contributed by atoms with E-state index in [1.807, 2.05) is 67.6 Å². The highest BCUT2D eigenvalue weighted by molar-refractivity contribution is 5.96. The van der Waals surface area contributed by atoms with E-state index in [-0.39, 0.29) is 11.9 Å². The van der Waals surface area contributed by atoms with Gasteiger partial charge in [0.05, 0.1) is 12.2 Å². The summed E-state index contributed by atoms with van der Waals surface area (Å²) in [7, 11) is 0. The molecule has 0 fully saturated rings. The molecule has 0 atom stereocenters. The molecule has 3 aromatic rings. The van der Waals surface area contributed by atoms with Crippen molar-refractivity contribution in [2.45, 2.75) is 52.4 Å². The third-order valence-electron chi connectivity index (χ3n) is 5.69. The van der Waals surface area contributed by atoms with E-state index in [9.17, 15) is 9.59 Å². The molecule has 0 saturated heterocycles. The molecule has 3 aromatic carbocycles. The molecule has 0 aromatic heterocycles. The van der Waals surface area contributed by atoms with Crippen LogP contribution < -0.4 is 4.74 Å². The second-order valence-electron chi connectivity index (χ2n) is 8.45. The highest BCUT2D eigenvalue weighted by atomic mass is 16.5. The molecule has 0 N–H and O–H groups in total. The Kier molecular flexibility index (Phi) is 8.82. The summed E-state index contributed by atoms with van der Waals surface area (Å²) < 4.78 is 10.8. The maximum Gasteiger partial charge on any atom is 0.343 e. The maximum absolute atomic E-state index is 12.7. The third kappa shape index (κ3) is 7.04. The number of benzene rings is 3. The Morgan fingerprint density at radius 2 is 1.48 bits per heavy atom. The molecule has 0 spiro atoms. The number of rotatable bonds is 11. The molecule has 0 aliphatic rings. The van der Waals surface area contributed by atoms with Crippen molar-refractivity contribution < 1.29 is 19.1 Å². The number of aryl methyl sites for hydroxylation is 2. The van der Waals surface area contributed by atoms with Crippen LogP contribution in [-0.2, 0) is 16.0 Å². The minimum atomic E-state index is -0.345. The van der Waals surface area contributed by atoms with Crippen LogP contribution in [-0.4, -0.2) is 18.5 Å². The van der Waals surface area contributed by atoms with Gasteiger partial charge in [0.2, 0.25) is 0 Å². The van der Waals surface area contributed by atoms with Gasteiger partial charge in [-0.15, -0.1) is 0 Å². The molecule has 0 saturated carbocycles. The number of esters is 2. The molecule has 0 amide bonds. The number of hydrogen-bond donors (Lipinski definition) is 0. The molecule has 33 heavy (non-hydrogen) atoms. The van der Waals surface area contributed by atoms with Crippen LogP contribution in [0.2, 0.25) is 0 Å². The Hall–Kier alpha value is -3.40. The van der Waals surface area contributed by atoms with Gasteiger partial charge in [0.25, 0.3) is 0 Å². The minimum Gasteiger partial charge on any atom is -0.462 e. The lowest BCUT2D eigenvalue weighted by molar-refractivity contribution is -0.139. The SMILES string of the molecule is C=C(C)C(=O)OCCCCCCCc1ccc(C(=O)Oc2ccc(C)c3ccccc23)cc1. The van der Waals surface area contributed by atoms with Gasteiger partial charge in [-0.1, -0.05) is 68.3 Å². The van der Waals surface area contributed by atoms with Crippen molar-refractivity contribution in [3.05, 3.63) is 89.5 Å². The molecule has 0 unspecified atom stereocenters. The van der Waals surface area contributed by atoms with Crippen molar-refractivity contribution in [1.29, 1.82) is 0 Å². The molecule has 172 valence electrons. The van der Waals surface area contributed by atoms with Crippen LogP contribution in [0.1, 0.15) is 60.5 Å². The molecule has 0 heterocycles. The number of ether oxygens (including phenoxy) is 2. The summed E-state index contributed by atoms with van der Waals surface area (Å²) in [5.74, 6) is -0.0721. The van der Waals surface area contributed by atoms with Crippen LogP contribution >= 0.6 is 0 Å². The van der Waals surface area contributed by atoms with E-state index < -0.39 is 0 Å². The smallest absolute Gasteiger partial charge is 0.343 e. The number of unbranched alkanes of at least 4 members (excludes halogenated alkanes) is 4. The minimum absolute atomic E-state index is 0.311. The van der Waals surface area contributed by atoms with Gasteiger partial charge in [0.15, 0.2) is 0 Å². The summed E-state index contributed by atoms with van der Waals surface area (Å²) in [6, 6.07) is 19.5. The van der Waals surface area contributed by atoms with Gasteiger partial charge in [-0.3, -0.25) is 0 Å². The zero-order valence-corrected chi connectivity index (χ0v) is 19.6. The second-order valence-corrected chi connectivity index (χ2v) is 8.45. The number of carbonyl (C=O) groups excluding carboxylic acids is 2. The second kappa shape index (κ2) is 12.0. The van der Waals surface area contributed by atoms with Crippen LogP contribution in [0.4, 0.5) is 0 Å². The Morgan fingerprint density at radius 1 is 0.818 bits per heavy atom. The molecule has 0 bridgehead atoms. The van der Waals surface area contributed by atoms with Crippen molar-refractivity contribution in [2.24, 2.45) is 0 Å². The Morgan fingerprint density at radius 3 is 2.21 bits per heavy atom. The summed E-state index contributed by atoms with van der Waals surface area (Å²) in [6.07, 6.45) is 6.22. The molecule has 0 aliphatic heterocycles. The molecule has 0 aliphatic carbocycles. The van der Waals surface area contributed by atoms with E-state index in [2.05, 4.69) is 6.58 Å². The number of hydrogen-bond acceptors (Lipinski definition) is 4. The van der Waals surface area contributed by atoms with Crippen molar-refractivity contribution in [3.63, 3.8) is 0 Å². The van der Waals surface area contributed by atoms with Gasteiger partial charge < -0.3 is 9.47 Å². The van der Waals surface area contributed by atoms with E-state index >= 15 is 0 Å². The van der Waals surface area contributed by atoms with Crippen molar-refractivity contribution >= 4 is 22.7 Å². The summed E-state index contributed by atoms with van der Waals surface area (Å²) >= 11 is 0. The number of carbonyl (C=O) groups is 2. The summed E-state index contributed by atoms with van der Waals surface area (Å²) in [6.45, 7) is 7.74. The Bertz CT molecular complexity index is 1110. The number of fused-ring (bicyclic) bond motifs is 1. The lowest BCUT2D eigenvalue weighted by Crippen LogP contribution is -2.09. The highest BCUT2D eigenvalue weighted by Gasteiger charge is 2.12. The lowest BCUT2D eigenvalue weighted by atomic mass is 10.0. The first-order valence-electron chi connectivity index (χ1n) is 11.6. The Labute approximate surface area is 196 Å². The highest BCUT2D eigenvalue weighted by Crippen LogP contribution is 2.28. The standard InChI is InChI=1S/C29H32O4/c1-21(2)28(30)32-20-10-6-4-5-7-11-23-15-17-24(18-16-23)29(31)33-27-19-14-22(3)25-12-8-9-13-26(25)27/h8-9,12-19H,1,4-7,10-11,20H2,2-3H3. The average molecular weight is 445 g/mol. The molecule has 3 rings (SSSR count). The van der Waals surface area contributed by atoms with Crippen molar-refractivity contribution in [3.8, 4) is 5.75 Å². The van der Waals surface area contributed by atoms with Gasteiger partial charge >= 0.3 is 11.9 Å². The first-order valence-corrected chi connectivity index (χ1v) is 11.6. The predicted octanol–water partition coefficient (Wildman–Crippen LogP) is 6.98. The van der Waals surface area contributed by atoms with E-state index in [4.69, 9.17) is 9.47 Å². The fourth-order valence-electron chi connectivity index (χ4n) is 3.73. The maximum atomic E-state index is 12.7. The van der Waals surface area contributed by atoms with Gasteiger partial charge in [0, 0.05) is 11.0 Å². The lowest BCUT2D eigenvalue weighted by Gasteiger charge is -2.10. The third-order valence-corrected chi connectivity index (χ3v) is 5.69. The molecule has 0 radical (unpaired) electrons. The van der Waals surface area contributed by atoms with Crippen LogP contribution in [0.3, 0.4) is 0 Å². The van der Waals surface area contributed by atoms with Crippen LogP contribution in [0.5, 0.6) is 5.75 Å². The van der Waals surface area contributed by atoms with Crippen molar-refractivity contribution in [2.75, 3.05) is 6.61 Å². The monoisotopic (exact) mass is 444 g/mol. The van der Waals surface area contributed by atoms with E-state index in [1.54, 1.807) is 6.92 Å². The van der Waals surface area contributed by atoms with E-state index in [0.717, 1.165) is 54.9 Å². The normalized spacial score (nSPS) is 10.7. The molecule has 4 heteroatoms. The first kappa shape index (κ1) is 24.2. The topological polar surface area (TPSA) is 52.6 Å². The van der Waals surface area contributed by atoms with Crippen LogP contribution in [0.25, 0.3) is 10.8 Å². The van der Waals surface area contributed by atoms with Crippen LogP contribution in [0, 0.1) is 6.92 Å². The predicted molar refractivity (Wildman–Crippen MR) is 133 cm³/mol. The average Bonchev–Trinajstić information content (AvgIpc) is 2.82. The first-order chi connectivity index (χ1) is 16.0. The summed E-state index contributed by atoms with van der Waals surface area (Å²) in [5, 5.41) is 2.03. The fraction of sp³-hybridized carbons (Fsp3) is 0.310. The fourth-order valence-corrected chi connectivity index (χ4v) is 3.73. The van der Waals surface area contributed by atoms with Gasteiger partial charge in [-0.2, -0.15) is 0 Å². The quantitative estimate of drug-likeness (QED) is 0.139. The van der Waals surface area contributed by atoms with Crippen LogP contribution in [0.15, 0.2) is 72.8 Å². The molecule has 4 nitrogen and oxygen atoms in total. The molecular formula is C29H32O4. The van der Waals surface area contributed by atoms with Gasteiger partial charge in [0.1, 0.15) is 5.75 Å². The van der Waals surface area contributed by atoms with E-state index in [1.165, 1.54) is 5.56 Å². The Balaban J connectivity index is 1.41. The summed E-state index contributed by atoms with van der Waals surface area (Å²) in [5.41, 5.74) is 3.36. The molecular weight excluding hydrogens is 412 g/mol. The van der Waals surface area contributed by atoms with E-state index in [0.29, 0.717) is 23.5 Å². The van der Waals surface area contributed by atoms with Gasteiger partial charge in [-0.05, 0) is 67.8 Å². The van der Waals surface area contributed by atoms with Gasteiger partial charge in [-0.25, -0.2) is 9.59 Å². The summed E-state index contributed by atoms with van der Waals surface area (Å²) in [4.78, 5) is 24.0. The largest absolute Gasteiger partial charge is 0.462 e. The van der Waals surface area contributed by atoms with Crippen molar-refractivity contribution in [1.82, 2.24) is 0 Å².